The zero-order valence-corrected chi connectivity index (χ0v) is 16.5. The molecule has 0 spiro atoms. The van der Waals surface area contributed by atoms with E-state index in [1.54, 1.807) is 5.38 Å². The van der Waals surface area contributed by atoms with E-state index in [1.165, 1.54) is 47.9 Å². The predicted molar refractivity (Wildman–Crippen MR) is 109 cm³/mol. The SMILES string of the molecule is O=C(Nc1nccs1)c1cc2cccc(C(F)(F)F)c2nc1Cc1ccc(O)cc1O. The molecule has 6 nitrogen and oxygen atoms in total. The molecule has 0 aliphatic heterocycles. The number of rotatable bonds is 4. The molecule has 0 fully saturated rings. The Hall–Kier alpha value is -3.66. The van der Waals surface area contributed by atoms with E-state index in [9.17, 15) is 28.2 Å². The molecule has 3 N–H and O–H groups in total. The van der Waals surface area contributed by atoms with Gasteiger partial charge >= 0.3 is 6.18 Å². The molecular weight excluding hydrogens is 431 g/mol. The van der Waals surface area contributed by atoms with E-state index in [1.807, 2.05) is 0 Å². The molecule has 4 aromatic rings. The summed E-state index contributed by atoms with van der Waals surface area (Å²) in [5.74, 6) is -1.03. The maximum absolute atomic E-state index is 13.5. The van der Waals surface area contributed by atoms with E-state index in [4.69, 9.17) is 0 Å². The Morgan fingerprint density at radius 3 is 2.61 bits per heavy atom. The second kappa shape index (κ2) is 7.88. The molecule has 2 aromatic carbocycles. The van der Waals surface area contributed by atoms with Gasteiger partial charge in [-0.25, -0.2) is 4.98 Å². The van der Waals surface area contributed by atoms with Crippen LogP contribution >= 0.6 is 11.3 Å². The van der Waals surface area contributed by atoms with Gasteiger partial charge in [-0.3, -0.25) is 15.1 Å². The molecule has 0 saturated carbocycles. The van der Waals surface area contributed by atoms with Gasteiger partial charge in [0.25, 0.3) is 5.91 Å². The van der Waals surface area contributed by atoms with Crippen molar-refractivity contribution in [1.82, 2.24) is 9.97 Å². The highest BCUT2D eigenvalue weighted by molar-refractivity contribution is 7.13. The average Bonchev–Trinajstić information content (AvgIpc) is 3.21. The number of pyridine rings is 1. The third-order valence-electron chi connectivity index (χ3n) is 4.55. The minimum Gasteiger partial charge on any atom is -0.508 e. The summed E-state index contributed by atoms with van der Waals surface area (Å²) in [6, 6.07) is 8.80. The number of para-hydroxylation sites is 1. The number of phenols is 2. The molecule has 0 radical (unpaired) electrons. The smallest absolute Gasteiger partial charge is 0.418 e. The highest BCUT2D eigenvalue weighted by Crippen LogP contribution is 2.35. The number of hydrogen-bond donors (Lipinski definition) is 3. The monoisotopic (exact) mass is 445 g/mol. The molecule has 2 heterocycles. The first-order valence-electron chi connectivity index (χ1n) is 8.94. The maximum Gasteiger partial charge on any atom is 0.418 e. The second-order valence-electron chi connectivity index (χ2n) is 6.64. The average molecular weight is 445 g/mol. The van der Waals surface area contributed by atoms with Crippen molar-refractivity contribution in [1.29, 1.82) is 0 Å². The Labute approximate surface area is 177 Å². The lowest BCUT2D eigenvalue weighted by molar-refractivity contribution is -0.136. The first kappa shape index (κ1) is 20.6. The van der Waals surface area contributed by atoms with Crippen LogP contribution in [0.3, 0.4) is 0 Å². The molecule has 0 aliphatic rings. The molecule has 0 aliphatic carbocycles. The lowest BCUT2D eigenvalue weighted by Gasteiger charge is -2.14. The number of alkyl halides is 3. The van der Waals surface area contributed by atoms with Gasteiger partial charge in [0.1, 0.15) is 11.5 Å². The number of aromatic nitrogens is 2. The highest BCUT2D eigenvalue weighted by atomic mass is 32.1. The van der Waals surface area contributed by atoms with E-state index in [-0.39, 0.29) is 45.6 Å². The number of carbonyl (C=O) groups excluding carboxylic acids is 1. The van der Waals surface area contributed by atoms with E-state index in [0.717, 1.165) is 12.1 Å². The van der Waals surface area contributed by atoms with Gasteiger partial charge in [0.15, 0.2) is 5.13 Å². The van der Waals surface area contributed by atoms with E-state index >= 15 is 0 Å². The molecular formula is C21H14F3N3O3S. The topological polar surface area (TPSA) is 95.3 Å². The lowest BCUT2D eigenvalue weighted by Crippen LogP contribution is -2.16. The van der Waals surface area contributed by atoms with Gasteiger partial charge in [0, 0.05) is 35.0 Å². The summed E-state index contributed by atoms with van der Waals surface area (Å²) < 4.78 is 40.5. The number of amides is 1. The van der Waals surface area contributed by atoms with Gasteiger partial charge in [-0.15, -0.1) is 11.3 Å². The second-order valence-corrected chi connectivity index (χ2v) is 7.53. The van der Waals surface area contributed by atoms with Crippen LogP contribution < -0.4 is 5.32 Å². The first-order chi connectivity index (χ1) is 14.7. The quantitative estimate of drug-likeness (QED) is 0.413. The van der Waals surface area contributed by atoms with E-state index in [0.29, 0.717) is 5.13 Å². The number of nitrogens with one attached hydrogen (secondary N) is 1. The molecule has 158 valence electrons. The van der Waals surface area contributed by atoms with Gasteiger partial charge in [-0.2, -0.15) is 13.2 Å². The van der Waals surface area contributed by atoms with Gasteiger partial charge in [0.2, 0.25) is 0 Å². The summed E-state index contributed by atoms with van der Waals surface area (Å²) in [5.41, 5.74) is -0.840. The molecule has 0 unspecified atom stereocenters. The van der Waals surface area contributed by atoms with Crippen molar-refractivity contribution in [2.24, 2.45) is 0 Å². The molecule has 0 saturated heterocycles. The first-order valence-corrected chi connectivity index (χ1v) is 9.82. The molecule has 4 rings (SSSR count). The number of nitrogens with zero attached hydrogens (tertiary/aromatic N) is 2. The third-order valence-corrected chi connectivity index (χ3v) is 5.24. The zero-order chi connectivity index (χ0) is 22.2. The predicted octanol–water partition coefficient (Wildman–Crippen LogP) is 4.96. The van der Waals surface area contributed by atoms with Crippen LogP contribution in [0.15, 0.2) is 54.0 Å². The van der Waals surface area contributed by atoms with E-state index in [2.05, 4.69) is 15.3 Å². The number of phenolic OH excluding ortho intramolecular Hbond substituents is 2. The summed E-state index contributed by atoms with van der Waals surface area (Å²) in [5, 5.41) is 24.3. The zero-order valence-electron chi connectivity index (χ0n) is 15.6. The number of thiazole rings is 1. The van der Waals surface area contributed by atoms with Crippen LogP contribution in [0.1, 0.15) is 27.2 Å². The maximum atomic E-state index is 13.5. The van der Waals surface area contributed by atoms with Crippen molar-refractivity contribution in [3.63, 3.8) is 0 Å². The molecule has 31 heavy (non-hydrogen) atoms. The van der Waals surface area contributed by atoms with Crippen LogP contribution in [-0.4, -0.2) is 26.1 Å². The van der Waals surface area contributed by atoms with Crippen molar-refractivity contribution in [2.75, 3.05) is 5.32 Å². The molecule has 10 heteroatoms. The molecule has 0 bridgehead atoms. The Morgan fingerprint density at radius 1 is 1.13 bits per heavy atom. The van der Waals surface area contributed by atoms with E-state index < -0.39 is 17.6 Å². The van der Waals surface area contributed by atoms with Crippen LogP contribution in [0.25, 0.3) is 10.9 Å². The number of anilines is 1. The molecule has 0 atom stereocenters. The van der Waals surface area contributed by atoms with Crippen LogP contribution in [0.2, 0.25) is 0 Å². The van der Waals surface area contributed by atoms with Crippen molar-refractivity contribution in [3.8, 4) is 11.5 Å². The lowest BCUT2D eigenvalue weighted by atomic mass is 10.00. The van der Waals surface area contributed by atoms with Crippen LogP contribution in [0, 0.1) is 0 Å². The largest absolute Gasteiger partial charge is 0.508 e. The fourth-order valence-electron chi connectivity index (χ4n) is 3.13. The van der Waals surface area contributed by atoms with Crippen molar-refractivity contribution in [2.45, 2.75) is 12.6 Å². The summed E-state index contributed by atoms with van der Waals surface area (Å²) in [4.78, 5) is 21.0. The van der Waals surface area contributed by atoms with Crippen LogP contribution in [0.5, 0.6) is 11.5 Å². The highest BCUT2D eigenvalue weighted by Gasteiger charge is 2.33. The molecule has 2 aromatic heterocycles. The normalized spacial score (nSPS) is 11.6. The Balaban J connectivity index is 1.87. The number of halogens is 3. The summed E-state index contributed by atoms with van der Waals surface area (Å²) in [6.07, 6.45) is -3.26. The summed E-state index contributed by atoms with van der Waals surface area (Å²) in [7, 11) is 0. The Bertz CT molecular complexity index is 1270. The van der Waals surface area contributed by atoms with Crippen LogP contribution in [-0.2, 0) is 12.6 Å². The fourth-order valence-corrected chi connectivity index (χ4v) is 3.65. The number of fused-ring (bicyclic) bond motifs is 1. The summed E-state index contributed by atoms with van der Waals surface area (Å²) >= 11 is 1.19. The Kier molecular flexibility index (Phi) is 5.24. The minimum absolute atomic E-state index is 0.0410. The number of aromatic hydroxyl groups is 2. The molecule has 1 amide bonds. The Morgan fingerprint density at radius 2 is 1.94 bits per heavy atom. The third kappa shape index (κ3) is 4.29. The number of hydrogen-bond acceptors (Lipinski definition) is 6. The summed E-state index contributed by atoms with van der Waals surface area (Å²) in [6.45, 7) is 0. The van der Waals surface area contributed by atoms with Gasteiger partial charge < -0.3 is 10.2 Å². The number of carbonyl (C=O) groups is 1. The van der Waals surface area contributed by atoms with Gasteiger partial charge in [-0.1, -0.05) is 18.2 Å². The fraction of sp³-hybridized carbons (Fsp3) is 0.0952. The van der Waals surface area contributed by atoms with Crippen molar-refractivity contribution >= 4 is 33.3 Å². The standard InChI is InChI=1S/C21H14F3N3O3S/c22-21(23,24)15-3-1-2-12-8-14(19(30)27-20-25-6-7-31-20)16(26-18(12)15)9-11-4-5-13(28)10-17(11)29/h1-8,10,28-29H,9H2,(H,25,27,30). The van der Waals surface area contributed by atoms with Gasteiger partial charge in [-0.05, 0) is 18.2 Å². The van der Waals surface area contributed by atoms with Crippen molar-refractivity contribution < 1.29 is 28.2 Å². The minimum atomic E-state index is -4.63. The number of benzene rings is 2. The van der Waals surface area contributed by atoms with Crippen molar-refractivity contribution in [3.05, 3.63) is 76.4 Å². The van der Waals surface area contributed by atoms with Crippen LogP contribution in [0.4, 0.5) is 18.3 Å². The van der Waals surface area contributed by atoms with Gasteiger partial charge in [0.05, 0.1) is 22.3 Å².